The highest BCUT2D eigenvalue weighted by Gasteiger charge is 2.18. The van der Waals surface area contributed by atoms with Crippen LogP contribution in [-0.2, 0) is 4.79 Å². The number of carbonyl (C=O) groups excluding carboxylic acids is 1. The van der Waals surface area contributed by atoms with Gasteiger partial charge in [-0.15, -0.1) is 0 Å². The molecule has 1 atom stereocenters. The number of benzene rings is 1. The fraction of sp³-hybridized carbons (Fsp3) is 0.417. The molecule has 1 rings (SSSR count). The van der Waals surface area contributed by atoms with Gasteiger partial charge in [-0.05, 0) is 30.5 Å². The SMILES string of the molecule is Cc1ccc(Cl)cc1NC(=O)C(S)C(C)C. The van der Waals surface area contributed by atoms with E-state index in [1.54, 1.807) is 12.1 Å². The van der Waals surface area contributed by atoms with E-state index in [4.69, 9.17) is 11.6 Å². The normalized spacial score (nSPS) is 12.6. The standard InChI is InChI=1S/C12H16ClNOS/c1-7(2)11(16)12(15)14-10-6-9(13)5-4-8(10)3/h4-7,11,16H,1-3H3,(H,14,15). The van der Waals surface area contributed by atoms with E-state index in [0.717, 1.165) is 11.3 Å². The van der Waals surface area contributed by atoms with Crippen molar-refractivity contribution in [1.29, 1.82) is 0 Å². The van der Waals surface area contributed by atoms with Crippen molar-refractivity contribution in [2.24, 2.45) is 5.92 Å². The highest BCUT2D eigenvalue weighted by atomic mass is 35.5. The zero-order chi connectivity index (χ0) is 12.3. The number of halogens is 1. The number of thiol groups is 1. The van der Waals surface area contributed by atoms with Gasteiger partial charge >= 0.3 is 0 Å². The number of amides is 1. The maximum Gasteiger partial charge on any atom is 0.237 e. The molecule has 16 heavy (non-hydrogen) atoms. The summed E-state index contributed by atoms with van der Waals surface area (Å²) in [5.74, 6) is 0.103. The van der Waals surface area contributed by atoms with Crippen LogP contribution >= 0.6 is 24.2 Å². The maximum atomic E-state index is 11.8. The number of anilines is 1. The molecule has 0 spiro atoms. The van der Waals surface area contributed by atoms with Gasteiger partial charge in [0, 0.05) is 10.7 Å². The smallest absolute Gasteiger partial charge is 0.237 e. The molecule has 0 aliphatic heterocycles. The first-order valence-corrected chi connectivity index (χ1v) is 6.06. The number of hydrogen-bond acceptors (Lipinski definition) is 2. The summed E-state index contributed by atoms with van der Waals surface area (Å²) in [6.45, 7) is 5.85. The molecule has 0 saturated heterocycles. The van der Waals surface area contributed by atoms with Crippen molar-refractivity contribution in [2.45, 2.75) is 26.0 Å². The molecule has 1 aromatic carbocycles. The van der Waals surface area contributed by atoms with Crippen molar-refractivity contribution in [2.75, 3.05) is 5.32 Å². The molecule has 0 fully saturated rings. The summed E-state index contributed by atoms with van der Waals surface area (Å²) in [5.41, 5.74) is 1.74. The van der Waals surface area contributed by atoms with Gasteiger partial charge in [0.25, 0.3) is 0 Å². The highest BCUT2D eigenvalue weighted by Crippen LogP contribution is 2.21. The number of aryl methyl sites for hydroxylation is 1. The lowest BCUT2D eigenvalue weighted by Gasteiger charge is -2.15. The predicted molar refractivity (Wildman–Crippen MR) is 72.4 cm³/mol. The summed E-state index contributed by atoms with van der Waals surface area (Å²) >= 11 is 10.1. The van der Waals surface area contributed by atoms with E-state index in [0.29, 0.717) is 5.02 Å². The van der Waals surface area contributed by atoms with Crippen molar-refractivity contribution in [3.8, 4) is 0 Å². The number of carbonyl (C=O) groups is 1. The van der Waals surface area contributed by atoms with Gasteiger partial charge in [-0.1, -0.05) is 31.5 Å². The van der Waals surface area contributed by atoms with Gasteiger partial charge in [0.15, 0.2) is 0 Å². The molecule has 1 amide bonds. The van der Waals surface area contributed by atoms with E-state index in [1.165, 1.54) is 0 Å². The molecule has 2 nitrogen and oxygen atoms in total. The molecule has 0 saturated carbocycles. The Morgan fingerprint density at radius 2 is 2.06 bits per heavy atom. The van der Waals surface area contributed by atoms with Gasteiger partial charge in [0.1, 0.15) is 0 Å². The summed E-state index contributed by atoms with van der Waals surface area (Å²) in [5, 5.41) is 3.14. The zero-order valence-electron chi connectivity index (χ0n) is 9.62. The van der Waals surface area contributed by atoms with Gasteiger partial charge in [-0.25, -0.2) is 0 Å². The van der Waals surface area contributed by atoms with Gasteiger partial charge in [-0.3, -0.25) is 4.79 Å². The minimum atomic E-state index is -0.307. The first-order chi connectivity index (χ1) is 7.41. The highest BCUT2D eigenvalue weighted by molar-refractivity contribution is 7.81. The molecule has 0 aliphatic rings. The van der Waals surface area contributed by atoms with Crippen LogP contribution in [0.5, 0.6) is 0 Å². The molecule has 1 aromatic rings. The number of rotatable bonds is 3. The second-order valence-corrected chi connectivity index (χ2v) is 5.13. The van der Waals surface area contributed by atoms with Crippen LogP contribution in [0.15, 0.2) is 18.2 Å². The Morgan fingerprint density at radius 1 is 1.44 bits per heavy atom. The minimum absolute atomic E-state index is 0.0938. The lowest BCUT2D eigenvalue weighted by Crippen LogP contribution is -2.27. The van der Waals surface area contributed by atoms with Gasteiger partial charge in [0.05, 0.1) is 5.25 Å². The zero-order valence-corrected chi connectivity index (χ0v) is 11.3. The van der Waals surface area contributed by atoms with Crippen LogP contribution in [0.2, 0.25) is 5.02 Å². The van der Waals surface area contributed by atoms with Crippen LogP contribution < -0.4 is 5.32 Å². The minimum Gasteiger partial charge on any atom is -0.325 e. The second-order valence-electron chi connectivity index (χ2n) is 4.14. The van der Waals surface area contributed by atoms with Crippen LogP contribution in [0.1, 0.15) is 19.4 Å². The summed E-state index contributed by atoms with van der Waals surface area (Å²) in [6.07, 6.45) is 0. The van der Waals surface area contributed by atoms with Crippen molar-refractivity contribution >= 4 is 35.8 Å². The first kappa shape index (κ1) is 13.4. The third-order valence-electron chi connectivity index (χ3n) is 2.36. The Bertz CT molecular complexity index is 393. The lowest BCUT2D eigenvalue weighted by atomic mass is 10.1. The molecule has 0 bridgehead atoms. The van der Waals surface area contributed by atoms with E-state index in [9.17, 15) is 4.79 Å². The largest absolute Gasteiger partial charge is 0.325 e. The quantitative estimate of drug-likeness (QED) is 0.797. The Balaban J connectivity index is 2.80. The van der Waals surface area contributed by atoms with E-state index >= 15 is 0 Å². The third kappa shape index (κ3) is 3.42. The summed E-state index contributed by atoms with van der Waals surface area (Å²) < 4.78 is 0. The molecule has 1 unspecified atom stereocenters. The Hall–Kier alpha value is -0.670. The molecular formula is C12H16ClNOS. The van der Waals surface area contributed by atoms with Crippen molar-refractivity contribution in [3.63, 3.8) is 0 Å². The van der Waals surface area contributed by atoms with E-state index in [-0.39, 0.29) is 17.1 Å². The third-order valence-corrected chi connectivity index (χ3v) is 3.42. The van der Waals surface area contributed by atoms with Gasteiger partial charge < -0.3 is 5.32 Å². The molecule has 1 N–H and O–H groups in total. The van der Waals surface area contributed by atoms with E-state index in [2.05, 4.69) is 17.9 Å². The van der Waals surface area contributed by atoms with Crippen LogP contribution in [0, 0.1) is 12.8 Å². The molecule has 88 valence electrons. The number of nitrogens with one attached hydrogen (secondary N) is 1. The topological polar surface area (TPSA) is 29.1 Å². The van der Waals surface area contributed by atoms with E-state index in [1.807, 2.05) is 26.8 Å². The van der Waals surface area contributed by atoms with Crippen LogP contribution in [0.4, 0.5) is 5.69 Å². The molecule has 4 heteroatoms. The predicted octanol–water partition coefficient (Wildman–Crippen LogP) is 3.54. The van der Waals surface area contributed by atoms with Crippen LogP contribution in [0.3, 0.4) is 0 Å². The fourth-order valence-electron chi connectivity index (χ4n) is 1.24. The molecule has 0 heterocycles. The lowest BCUT2D eigenvalue weighted by molar-refractivity contribution is -0.116. The van der Waals surface area contributed by atoms with Crippen molar-refractivity contribution in [1.82, 2.24) is 0 Å². The summed E-state index contributed by atoms with van der Waals surface area (Å²) in [4.78, 5) is 11.8. The molecular weight excluding hydrogens is 242 g/mol. The van der Waals surface area contributed by atoms with E-state index < -0.39 is 0 Å². The molecule has 0 aliphatic carbocycles. The molecule has 0 aromatic heterocycles. The average molecular weight is 258 g/mol. The Kier molecular flexibility index (Phi) is 4.69. The van der Waals surface area contributed by atoms with Crippen LogP contribution in [-0.4, -0.2) is 11.2 Å². The van der Waals surface area contributed by atoms with Crippen molar-refractivity contribution < 1.29 is 4.79 Å². The molecule has 0 radical (unpaired) electrons. The second kappa shape index (κ2) is 5.60. The number of hydrogen-bond donors (Lipinski definition) is 2. The maximum absolute atomic E-state index is 11.8. The summed E-state index contributed by atoms with van der Waals surface area (Å²) in [6, 6.07) is 5.42. The average Bonchev–Trinajstić information content (AvgIpc) is 2.22. The first-order valence-electron chi connectivity index (χ1n) is 5.17. The Labute approximate surface area is 107 Å². The Morgan fingerprint density at radius 3 is 2.62 bits per heavy atom. The fourth-order valence-corrected chi connectivity index (χ4v) is 1.47. The van der Waals surface area contributed by atoms with Crippen LogP contribution in [0.25, 0.3) is 0 Å². The van der Waals surface area contributed by atoms with Gasteiger partial charge in [-0.2, -0.15) is 12.6 Å². The van der Waals surface area contributed by atoms with Gasteiger partial charge in [0.2, 0.25) is 5.91 Å². The van der Waals surface area contributed by atoms with Crippen molar-refractivity contribution in [3.05, 3.63) is 28.8 Å². The summed E-state index contributed by atoms with van der Waals surface area (Å²) in [7, 11) is 0. The monoisotopic (exact) mass is 257 g/mol.